The predicted molar refractivity (Wildman–Crippen MR) is 72.7 cm³/mol. The van der Waals surface area contributed by atoms with Gasteiger partial charge in [-0.25, -0.2) is 9.97 Å². The fraction of sp³-hybridized carbons (Fsp3) is 0.733. The second-order valence-electron chi connectivity index (χ2n) is 5.42. The lowest BCUT2D eigenvalue weighted by atomic mass is 9.86. The summed E-state index contributed by atoms with van der Waals surface area (Å²) < 4.78 is 0. The molecule has 0 saturated heterocycles. The molecule has 3 heteroatoms. The van der Waals surface area contributed by atoms with Crippen LogP contribution < -0.4 is 0 Å². The summed E-state index contributed by atoms with van der Waals surface area (Å²) in [5, 5.41) is 9.39. The van der Waals surface area contributed by atoms with Crippen LogP contribution in [0.25, 0.3) is 0 Å². The molecule has 1 atom stereocenters. The molecule has 1 aliphatic carbocycles. The third-order valence-electron chi connectivity index (χ3n) is 3.99. The van der Waals surface area contributed by atoms with E-state index in [2.05, 4.69) is 18.0 Å². The molecule has 1 aromatic rings. The SMILES string of the molecule is CCC(CO)c1nc(C)cc(C2CCCCC2)n1. The number of hydrogen-bond donors (Lipinski definition) is 1. The van der Waals surface area contributed by atoms with Crippen molar-refractivity contribution in [3.05, 3.63) is 23.3 Å². The smallest absolute Gasteiger partial charge is 0.134 e. The Hall–Kier alpha value is -0.960. The Morgan fingerprint density at radius 2 is 2.00 bits per heavy atom. The van der Waals surface area contributed by atoms with E-state index in [1.807, 2.05) is 6.92 Å². The average Bonchev–Trinajstić information content (AvgIpc) is 2.40. The summed E-state index contributed by atoms with van der Waals surface area (Å²) in [5.41, 5.74) is 2.23. The summed E-state index contributed by atoms with van der Waals surface area (Å²) >= 11 is 0. The maximum absolute atomic E-state index is 9.39. The summed E-state index contributed by atoms with van der Waals surface area (Å²) in [4.78, 5) is 9.23. The summed E-state index contributed by atoms with van der Waals surface area (Å²) in [7, 11) is 0. The maximum Gasteiger partial charge on any atom is 0.134 e. The van der Waals surface area contributed by atoms with Crippen LogP contribution in [0.5, 0.6) is 0 Å². The fourth-order valence-electron chi connectivity index (χ4n) is 2.80. The van der Waals surface area contributed by atoms with Crippen molar-refractivity contribution in [3.8, 4) is 0 Å². The molecule has 0 aromatic carbocycles. The predicted octanol–water partition coefficient (Wildman–Crippen LogP) is 3.32. The topological polar surface area (TPSA) is 46.0 Å². The van der Waals surface area contributed by atoms with E-state index in [4.69, 9.17) is 4.98 Å². The Morgan fingerprint density at radius 1 is 1.28 bits per heavy atom. The van der Waals surface area contributed by atoms with Crippen molar-refractivity contribution in [3.63, 3.8) is 0 Å². The number of hydrogen-bond acceptors (Lipinski definition) is 3. The molecular weight excluding hydrogens is 224 g/mol. The first kappa shape index (κ1) is 13.5. The van der Waals surface area contributed by atoms with Gasteiger partial charge >= 0.3 is 0 Å². The fourth-order valence-corrected chi connectivity index (χ4v) is 2.80. The van der Waals surface area contributed by atoms with Crippen LogP contribution in [-0.4, -0.2) is 21.7 Å². The Bertz CT molecular complexity index is 382. The van der Waals surface area contributed by atoms with Crippen molar-refractivity contribution < 1.29 is 5.11 Å². The number of aromatic nitrogens is 2. The van der Waals surface area contributed by atoms with Gasteiger partial charge < -0.3 is 5.11 Å². The zero-order valence-electron chi connectivity index (χ0n) is 11.5. The first-order chi connectivity index (χ1) is 8.74. The highest BCUT2D eigenvalue weighted by molar-refractivity contribution is 5.16. The van der Waals surface area contributed by atoms with Gasteiger partial charge in [0.1, 0.15) is 5.82 Å². The molecule has 1 heterocycles. The van der Waals surface area contributed by atoms with Crippen molar-refractivity contribution >= 4 is 0 Å². The summed E-state index contributed by atoms with van der Waals surface area (Å²) in [6.07, 6.45) is 7.41. The third kappa shape index (κ3) is 3.08. The van der Waals surface area contributed by atoms with E-state index in [1.165, 1.54) is 37.8 Å². The van der Waals surface area contributed by atoms with Crippen molar-refractivity contribution in [2.75, 3.05) is 6.61 Å². The molecule has 18 heavy (non-hydrogen) atoms. The third-order valence-corrected chi connectivity index (χ3v) is 3.99. The Morgan fingerprint density at radius 3 is 2.61 bits per heavy atom. The van der Waals surface area contributed by atoms with E-state index in [0.29, 0.717) is 5.92 Å². The number of rotatable bonds is 4. The van der Waals surface area contributed by atoms with Gasteiger partial charge in [-0.05, 0) is 32.3 Å². The van der Waals surface area contributed by atoms with Gasteiger partial charge in [-0.1, -0.05) is 26.2 Å². The Balaban J connectivity index is 2.24. The van der Waals surface area contributed by atoms with Gasteiger partial charge in [-0.2, -0.15) is 0 Å². The quantitative estimate of drug-likeness (QED) is 0.889. The Labute approximate surface area is 110 Å². The molecule has 1 saturated carbocycles. The molecule has 0 radical (unpaired) electrons. The molecule has 0 amide bonds. The molecule has 1 aliphatic rings. The maximum atomic E-state index is 9.39. The van der Waals surface area contributed by atoms with Gasteiger partial charge in [0.15, 0.2) is 0 Å². The molecular formula is C15H24N2O. The normalized spacial score (nSPS) is 18.8. The van der Waals surface area contributed by atoms with Gasteiger partial charge in [0.2, 0.25) is 0 Å². The molecule has 1 fully saturated rings. The average molecular weight is 248 g/mol. The lowest BCUT2D eigenvalue weighted by Crippen LogP contribution is -2.13. The number of aliphatic hydroxyl groups is 1. The van der Waals surface area contributed by atoms with Gasteiger partial charge in [0.05, 0.1) is 6.61 Å². The highest BCUT2D eigenvalue weighted by Crippen LogP contribution is 2.32. The molecule has 2 rings (SSSR count). The van der Waals surface area contributed by atoms with E-state index >= 15 is 0 Å². The molecule has 0 aliphatic heterocycles. The minimum absolute atomic E-state index is 0.0900. The van der Waals surface area contributed by atoms with E-state index in [0.717, 1.165) is 17.9 Å². The highest BCUT2D eigenvalue weighted by Gasteiger charge is 2.20. The molecule has 1 aromatic heterocycles. The zero-order chi connectivity index (χ0) is 13.0. The summed E-state index contributed by atoms with van der Waals surface area (Å²) in [5.74, 6) is 1.53. The van der Waals surface area contributed by atoms with E-state index in [1.54, 1.807) is 0 Å². The first-order valence-electron chi connectivity index (χ1n) is 7.21. The highest BCUT2D eigenvalue weighted by atomic mass is 16.3. The lowest BCUT2D eigenvalue weighted by molar-refractivity contribution is 0.257. The standard InChI is InChI=1S/C15H24N2O/c1-3-12(10-18)15-16-11(2)9-14(17-15)13-7-5-4-6-8-13/h9,12-13,18H,3-8,10H2,1-2H3. The molecule has 3 nitrogen and oxygen atoms in total. The van der Waals surface area contributed by atoms with Crippen LogP contribution in [0.3, 0.4) is 0 Å². The molecule has 1 N–H and O–H groups in total. The van der Waals surface area contributed by atoms with E-state index in [-0.39, 0.29) is 12.5 Å². The minimum atomic E-state index is 0.0900. The van der Waals surface area contributed by atoms with Crippen molar-refractivity contribution in [1.82, 2.24) is 9.97 Å². The summed E-state index contributed by atoms with van der Waals surface area (Å²) in [6.45, 7) is 4.25. The van der Waals surface area contributed by atoms with Crippen LogP contribution in [0.4, 0.5) is 0 Å². The molecule has 0 spiro atoms. The van der Waals surface area contributed by atoms with Gasteiger partial charge in [-0.15, -0.1) is 0 Å². The van der Waals surface area contributed by atoms with Crippen LogP contribution in [0.1, 0.15) is 74.5 Å². The van der Waals surface area contributed by atoms with Crippen molar-refractivity contribution in [1.29, 1.82) is 0 Å². The van der Waals surface area contributed by atoms with Crippen LogP contribution >= 0.6 is 0 Å². The minimum Gasteiger partial charge on any atom is -0.396 e. The zero-order valence-corrected chi connectivity index (χ0v) is 11.5. The monoisotopic (exact) mass is 248 g/mol. The number of aryl methyl sites for hydroxylation is 1. The Kier molecular flexibility index (Phi) is 4.70. The van der Waals surface area contributed by atoms with Crippen LogP contribution in [0.2, 0.25) is 0 Å². The largest absolute Gasteiger partial charge is 0.396 e. The van der Waals surface area contributed by atoms with Crippen LogP contribution in [0.15, 0.2) is 6.07 Å². The van der Waals surface area contributed by atoms with Gasteiger partial charge in [-0.3, -0.25) is 0 Å². The van der Waals surface area contributed by atoms with Gasteiger partial charge in [0, 0.05) is 23.2 Å². The van der Waals surface area contributed by atoms with Gasteiger partial charge in [0.25, 0.3) is 0 Å². The lowest BCUT2D eigenvalue weighted by Gasteiger charge is -2.22. The van der Waals surface area contributed by atoms with E-state index in [9.17, 15) is 5.11 Å². The molecule has 1 unspecified atom stereocenters. The second kappa shape index (κ2) is 6.28. The second-order valence-corrected chi connectivity index (χ2v) is 5.42. The number of aliphatic hydroxyl groups excluding tert-OH is 1. The van der Waals surface area contributed by atoms with Crippen molar-refractivity contribution in [2.24, 2.45) is 0 Å². The number of nitrogens with zero attached hydrogens (tertiary/aromatic N) is 2. The van der Waals surface area contributed by atoms with E-state index < -0.39 is 0 Å². The van der Waals surface area contributed by atoms with Crippen LogP contribution in [-0.2, 0) is 0 Å². The summed E-state index contributed by atoms with van der Waals surface area (Å²) in [6, 6.07) is 2.13. The molecule has 100 valence electrons. The molecule has 0 bridgehead atoms. The first-order valence-corrected chi connectivity index (χ1v) is 7.21. The van der Waals surface area contributed by atoms with Crippen LogP contribution in [0, 0.1) is 6.92 Å². The van der Waals surface area contributed by atoms with Crippen molar-refractivity contribution in [2.45, 2.75) is 64.2 Å².